The van der Waals surface area contributed by atoms with Crippen LogP contribution in [0, 0.1) is 0 Å². The third kappa shape index (κ3) is 2.96. The number of hydrogen-bond donors (Lipinski definition) is 0. The van der Waals surface area contributed by atoms with Crippen LogP contribution in [-0.4, -0.2) is 18.4 Å². The summed E-state index contributed by atoms with van der Waals surface area (Å²) in [6.07, 6.45) is -3.53. The molecule has 134 valence electrons. The van der Waals surface area contributed by atoms with Crippen molar-refractivity contribution in [3.63, 3.8) is 0 Å². The van der Waals surface area contributed by atoms with Crippen molar-refractivity contribution in [1.82, 2.24) is 0 Å². The minimum absolute atomic E-state index is 0.0269. The molecule has 1 heterocycles. The second-order valence-corrected chi connectivity index (χ2v) is 5.49. The minimum Gasteiger partial charge on any atom is -0.501 e. The Hall–Kier alpha value is -3.09. The first-order chi connectivity index (χ1) is 12.4. The lowest BCUT2D eigenvalue weighted by atomic mass is 9.93. The second-order valence-electron chi connectivity index (χ2n) is 5.49. The first-order valence-electron chi connectivity index (χ1n) is 7.82. The van der Waals surface area contributed by atoms with E-state index in [9.17, 15) is 22.8 Å². The van der Waals surface area contributed by atoms with Gasteiger partial charge in [0.1, 0.15) is 0 Å². The number of imide groups is 1. The van der Waals surface area contributed by atoms with E-state index in [1.807, 2.05) is 0 Å². The van der Waals surface area contributed by atoms with Crippen molar-refractivity contribution < 1.29 is 27.5 Å². The van der Waals surface area contributed by atoms with Crippen molar-refractivity contribution >= 4 is 23.1 Å². The third-order valence-electron chi connectivity index (χ3n) is 3.90. The highest BCUT2D eigenvalue weighted by Crippen LogP contribution is 2.40. The number of amides is 2. The van der Waals surface area contributed by atoms with Gasteiger partial charge in [-0.15, -0.1) is 0 Å². The Balaban J connectivity index is 2.22. The van der Waals surface area contributed by atoms with Gasteiger partial charge in [-0.2, -0.15) is 13.2 Å². The summed E-state index contributed by atoms with van der Waals surface area (Å²) in [6, 6.07) is 10.7. The van der Waals surface area contributed by atoms with Crippen molar-refractivity contribution in [3.05, 3.63) is 71.5 Å². The molecule has 4 nitrogen and oxygen atoms in total. The Bertz CT molecular complexity index is 903. The lowest BCUT2D eigenvalue weighted by Crippen LogP contribution is -2.42. The predicted molar refractivity (Wildman–Crippen MR) is 89.3 cm³/mol. The second kappa shape index (κ2) is 6.67. The summed E-state index contributed by atoms with van der Waals surface area (Å²) < 4.78 is 45.3. The van der Waals surface area contributed by atoms with Crippen molar-refractivity contribution in [1.29, 1.82) is 0 Å². The van der Waals surface area contributed by atoms with E-state index < -0.39 is 29.2 Å². The number of halogens is 3. The SMILES string of the molecule is CCO/C=C1/C(=O)N(c2ccccc2C(F)(F)F)C(=O)c2ccccc21. The zero-order chi connectivity index (χ0) is 18.9. The van der Waals surface area contributed by atoms with Gasteiger partial charge in [-0.3, -0.25) is 9.59 Å². The number of anilines is 1. The van der Waals surface area contributed by atoms with Crippen LogP contribution in [0.25, 0.3) is 5.57 Å². The van der Waals surface area contributed by atoms with Gasteiger partial charge in [0.2, 0.25) is 0 Å². The minimum atomic E-state index is -4.71. The number of ether oxygens (including phenoxy) is 1. The fraction of sp³-hybridized carbons (Fsp3) is 0.158. The van der Waals surface area contributed by atoms with Gasteiger partial charge in [-0.05, 0) is 25.1 Å². The molecule has 0 atom stereocenters. The van der Waals surface area contributed by atoms with Crippen molar-refractivity contribution in [2.75, 3.05) is 11.5 Å². The van der Waals surface area contributed by atoms with Gasteiger partial charge in [0, 0.05) is 11.1 Å². The van der Waals surface area contributed by atoms with Crippen LogP contribution in [0.1, 0.15) is 28.4 Å². The van der Waals surface area contributed by atoms with Crippen molar-refractivity contribution in [2.45, 2.75) is 13.1 Å². The first kappa shape index (κ1) is 17.7. The van der Waals surface area contributed by atoms with Crippen molar-refractivity contribution in [3.8, 4) is 0 Å². The number of hydrogen-bond acceptors (Lipinski definition) is 3. The van der Waals surface area contributed by atoms with Gasteiger partial charge in [-0.1, -0.05) is 30.3 Å². The Morgan fingerprint density at radius 2 is 1.58 bits per heavy atom. The topological polar surface area (TPSA) is 46.6 Å². The van der Waals surface area contributed by atoms with Crippen LogP contribution >= 0.6 is 0 Å². The lowest BCUT2D eigenvalue weighted by Gasteiger charge is -2.30. The van der Waals surface area contributed by atoms with E-state index >= 15 is 0 Å². The van der Waals surface area contributed by atoms with E-state index in [0.29, 0.717) is 10.5 Å². The molecule has 1 aliphatic rings. The molecule has 0 radical (unpaired) electrons. The molecule has 1 aliphatic heterocycles. The number of fused-ring (bicyclic) bond motifs is 1. The quantitative estimate of drug-likeness (QED) is 0.466. The Morgan fingerprint density at radius 1 is 0.962 bits per heavy atom. The van der Waals surface area contributed by atoms with Gasteiger partial charge < -0.3 is 4.74 Å². The fourth-order valence-electron chi connectivity index (χ4n) is 2.76. The summed E-state index contributed by atoms with van der Waals surface area (Å²) in [5, 5.41) is 0. The molecule has 0 fully saturated rings. The van der Waals surface area contributed by atoms with Gasteiger partial charge >= 0.3 is 6.18 Å². The number of rotatable bonds is 3. The lowest BCUT2D eigenvalue weighted by molar-refractivity contribution is -0.137. The number of carbonyl (C=O) groups is 2. The molecule has 0 aliphatic carbocycles. The smallest absolute Gasteiger partial charge is 0.418 e. The standard InChI is InChI=1S/C19H14F3NO3/c1-2-26-11-14-12-7-3-4-8-13(12)17(24)23(18(14)25)16-10-6-5-9-15(16)19(20,21)22/h3-11H,2H2,1H3/b14-11+. The maximum atomic E-state index is 13.4. The number of carbonyl (C=O) groups excluding carboxylic acids is 2. The summed E-state index contributed by atoms with van der Waals surface area (Å²) in [7, 11) is 0. The maximum absolute atomic E-state index is 13.4. The van der Waals surface area contributed by atoms with E-state index in [1.54, 1.807) is 25.1 Å². The molecule has 3 rings (SSSR count). The monoisotopic (exact) mass is 361 g/mol. The molecule has 2 amide bonds. The van der Waals surface area contributed by atoms with E-state index in [1.165, 1.54) is 24.5 Å². The highest BCUT2D eigenvalue weighted by molar-refractivity contribution is 6.41. The van der Waals surface area contributed by atoms with Crippen LogP contribution in [0.5, 0.6) is 0 Å². The van der Waals surface area contributed by atoms with Crippen LogP contribution in [0.4, 0.5) is 18.9 Å². The zero-order valence-corrected chi connectivity index (χ0v) is 13.7. The van der Waals surface area contributed by atoms with Crippen LogP contribution in [-0.2, 0) is 15.7 Å². The summed E-state index contributed by atoms with van der Waals surface area (Å²) in [5.74, 6) is -1.67. The molecular formula is C19H14F3NO3. The molecule has 0 saturated heterocycles. The van der Waals surface area contributed by atoms with Crippen LogP contribution in [0.2, 0.25) is 0 Å². The molecule has 0 unspecified atom stereocenters. The molecule has 0 N–H and O–H groups in total. The fourth-order valence-corrected chi connectivity index (χ4v) is 2.76. The summed E-state index contributed by atoms with van der Waals surface area (Å²) in [5.41, 5.74) is -1.07. The summed E-state index contributed by atoms with van der Waals surface area (Å²) >= 11 is 0. The van der Waals surface area contributed by atoms with E-state index in [-0.39, 0.29) is 17.7 Å². The highest BCUT2D eigenvalue weighted by Gasteiger charge is 2.41. The number of benzene rings is 2. The van der Waals surface area contributed by atoms with Gasteiger partial charge in [0.15, 0.2) is 0 Å². The molecule has 0 spiro atoms. The molecular weight excluding hydrogens is 347 g/mol. The summed E-state index contributed by atoms with van der Waals surface area (Å²) in [6.45, 7) is 1.98. The van der Waals surface area contributed by atoms with Crippen LogP contribution in [0.15, 0.2) is 54.8 Å². The van der Waals surface area contributed by atoms with Crippen molar-refractivity contribution in [2.24, 2.45) is 0 Å². The molecule has 2 aromatic rings. The average molecular weight is 361 g/mol. The molecule has 0 saturated carbocycles. The third-order valence-corrected chi connectivity index (χ3v) is 3.90. The number of nitrogens with zero attached hydrogens (tertiary/aromatic N) is 1. The molecule has 0 bridgehead atoms. The van der Waals surface area contributed by atoms with Crippen LogP contribution in [0.3, 0.4) is 0 Å². The first-order valence-corrected chi connectivity index (χ1v) is 7.82. The van der Waals surface area contributed by atoms with E-state index in [2.05, 4.69) is 0 Å². The van der Waals surface area contributed by atoms with Gasteiger partial charge in [0.05, 0.1) is 29.7 Å². The largest absolute Gasteiger partial charge is 0.501 e. The molecule has 26 heavy (non-hydrogen) atoms. The number of para-hydroxylation sites is 1. The Kier molecular flexibility index (Phi) is 4.54. The number of alkyl halides is 3. The zero-order valence-electron chi connectivity index (χ0n) is 13.7. The highest BCUT2D eigenvalue weighted by atomic mass is 19.4. The van der Waals surface area contributed by atoms with Crippen LogP contribution < -0.4 is 4.90 Å². The van der Waals surface area contributed by atoms with Gasteiger partial charge in [0.25, 0.3) is 11.8 Å². The summed E-state index contributed by atoms with van der Waals surface area (Å²) in [4.78, 5) is 26.2. The van der Waals surface area contributed by atoms with E-state index in [0.717, 1.165) is 12.1 Å². The normalized spacial score (nSPS) is 16.0. The Morgan fingerprint density at radius 3 is 2.23 bits per heavy atom. The predicted octanol–water partition coefficient (Wildman–Crippen LogP) is 4.27. The molecule has 2 aromatic carbocycles. The van der Waals surface area contributed by atoms with Gasteiger partial charge in [-0.25, -0.2) is 4.90 Å². The molecule has 7 heteroatoms. The van der Waals surface area contributed by atoms with E-state index in [4.69, 9.17) is 4.74 Å². The maximum Gasteiger partial charge on any atom is 0.418 e. The molecule has 0 aromatic heterocycles. The average Bonchev–Trinajstić information content (AvgIpc) is 2.61. The Labute approximate surface area is 147 Å².